The summed E-state index contributed by atoms with van der Waals surface area (Å²) in [6.07, 6.45) is 17.8. The van der Waals surface area contributed by atoms with Gasteiger partial charge in [-0.3, -0.25) is 0 Å². The van der Waals surface area contributed by atoms with Crippen LogP contribution in [0.3, 0.4) is 0 Å². The van der Waals surface area contributed by atoms with Gasteiger partial charge in [0.1, 0.15) is 5.76 Å². The molecule has 0 unspecified atom stereocenters. The van der Waals surface area contributed by atoms with Gasteiger partial charge in [0.05, 0.1) is 0 Å². The Kier molecular flexibility index (Phi) is 6.68. The molecule has 0 aliphatic heterocycles. The molecule has 31 heavy (non-hydrogen) atoms. The van der Waals surface area contributed by atoms with Crippen LogP contribution in [-0.2, 0) is 26.3 Å². The molecule has 0 amide bonds. The predicted molar refractivity (Wildman–Crippen MR) is 131 cm³/mol. The minimum absolute atomic E-state index is 0.332. The second-order valence-corrected chi connectivity index (χ2v) is 7.90. The van der Waals surface area contributed by atoms with Crippen LogP contribution in [0.25, 0.3) is 17.2 Å². The number of aryl methyl sites for hydroxylation is 1. The number of rotatable bonds is 3. The zero-order valence-corrected chi connectivity index (χ0v) is 18.0. The molecule has 156 valence electrons. The van der Waals surface area contributed by atoms with E-state index in [4.69, 9.17) is 5.11 Å². The zero-order chi connectivity index (χ0) is 21.5. The van der Waals surface area contributed by atoms with Gasteiger partial charge in [0.15, 0.2) is 0 Å². The predicted octanol–water partition coefficient (Wildman–Crippen LogP) is 6.99. The van der Waals surface area contributed by atoms with Gasteiger partial charge in [0.25, 0.3) is 0 Å². The lowest BCUT2D eigenvalue weighted by molar-refractivity contribution is 0.432. The highest BCUT2D eigenvalue weighted by Crippen LogP contribution is 2.35. The Balaban J connectivity index is 0.000000245. The van der Waals surface area contributed by atoms with E-state index in [1.54, 1.807) is 12.2 Å². The van der Waals surface area contributed by atoms with Crippen LogP contribution in [0.5, 0.6) is 0 Å². The van der Waals surface area contributed by atoms with Crippen molar-refractivity contribution in [2.45, 2.75) is 25.7 Å². The molecule has 2 aromatic carbocycles. The van der Waals surface area contributed by atoms with Gasteiger partial charge in [0.2, 0.25) is 0 Å². The van der Waals surface area contributed by atoms with Crippen molar-refractivity contribution in [2.24, 2.45) is 7.05 Å². The van der Waals surface area contributed by atoms with Crippen molar-refractivity contribution in [1.82, 2.24) is 4.57 Å². The molecule has 0 spiro atoms. The number of aliphatic hydroxyl groups is 1. The van der Waals surface area contributed by atoms with E-state index in [9.17, 15) is 0 Å². The van der Waals surface area contributed by atoms with Gasteiger partial charge in [-0.25, -0.2) is 0 Å². The molecule has 0 saturated heterocycles. The Morgan fingerprint density at radius 2 is 1.74 bits per heavy atom. The summed E-state index contributed by atoms with van der Waals surface area (Å²) in [7, 11) is 2.19. The number of allylic oxidation sites excluding steroid dienone is 6. The summed E-state index contributed by atoms with van der Waals surface area (Å²) in [6.45, 7) is 0. The molecular weight excluding hydrogens is 378 g/mol. The third kappa shape index (κ3) is 5.16. The van der Waals surface area contributed by atoms with Gasteiger partial charge in [-0.1, -0.05) is 78.9 Å². The largest absolute Gasteiger partial charge is 0.508 e. The highest BCUT2D eigenvalue weighted by atomic mass is 16.3. The first-order valence-electron chi connectivity index (χ1n) is 10.9. The fourth-order valence-corrected chi connectivity index (χ4v) is 4.11. The number of aliphatic hydroxyl groups excluding tert-OH is 1. The van der Waals surface area contributed by atoms with E-state index in [2.05, 4.69) is 84.4 Å². The van der Waals surface area contributed by atoms with E-state index in [1.807, 2.05) is 18.2 Å². The van der Waals surface area contributed by atoms with Gasteiger partial charge >= 0.3 is 0 Å². The molecular formula is C29H29NO. The molecule has 5 rings (SSSR count). The van der Waals surface area contributed by atoms with Crippen LogP contribution in [0.1, 0.15) is 28.9 Å². The molecule has 0 atom stereocenters. The lowest BCUT2D eigenvalue weighted by Gasteiger charge is -2.17. The summed E-state index contributed by atoms with van der Waals surface area (Å²) >= 11 is 0. The Morgan fingerprint density at radius 1 is 0.935 bits per heavy atom. The molecule has 1 N–H and O–H groups in total. The summed E-state index contributed by atoms with van der Waals surface area (Å²) < 4.78 is 2.35. The van der Waals surface area contributed by atoms with Crippen molar-refractivity contribution in [3.63, 3.8) is 0 Å². The molecule has 0 fully saturated rings. The number of hydrogen-bond donors (Lipinski definition) is 1. The molecule has 2 aliphatic carbocycles. The van der Waals surface area contributed by atoms with E-state index in [-0.39, 0.29) is 0 Å². The first kappa shape index (κ1) is 20.7. The van der Waals surface area contributed by atoms with Gasteiger partial charge in [-0.2, -0.15) is 0 Å². The first-order valence-corrected chi connectivity index (χ1v) is 10.9. The topological polar surface area (TPSA) is 25.2 Å². The Morgan fingerprint density at radius 3 is 2.61 bits per heavy atom. The summed E-state index contributed by atoms with van der Waals surface area (Å²) in [5.74, 6) is 0.332. The summed E-state index contributed by atoms with van der Waals surface area (Å²) in [6, 6.07) is 21.8. The third-order valence-electron chi connectivity index (χ3n) is 5.78. The number of benzene rings is 2. The number of fused-ring (bicyclic) bond motifs is 3. The molecule has 2 heteroatoms. The summed E-state index contributed by atoms with van der Waals surface area (Å²) in [4.78, 5) is 0. The first-order chi connectivity index (χ1) is 15.2. The van der Waals surface area contributed by atoms with E-state index < -0.39 is 0 Å². The zero-order valence-electron chi connectivity index (χ0n) is 18.0. The van der Waals surface area contributed by atoms with Gasteiger partial charge in [-0.15, -0.1) is 0 Å². The van der Waals surface area contributed by atoms with Gasteiger partial charge in [-0.05, 0) is 66.7 Å². The Hall–Kier alpha value is -3.52. The second-order valence-electron chi connectivity index (χ2n) is 7.90. The third-order valence-corrected chi connectivity index (χ3v) is 5.78. The molecule has 1 aromatic heterocycles. The SMILES string of the molecule is Cn1c(/C=C/Cc2ccccc2)cc2c1CCc1ccccc1-2.OC1=CC=CCC=C1. The maximum absolute atomic E-state index is 8.81. The van der Waals surface area contributed by atoms with E-state index in [1.165, 1.54) is 33.6 Å². The average molecular weight is 408 g/mol. The summed E-state index contributed by atoms with van der Waals surface area (Å²) in [5, 5.41) is 8.81. The van der Waals surface area contributed by atoms with Gasteiger partial charge < -0.3 is 9.67 Å². The lowest BCUT2D eigenvalue weighted by atomic mass is 9.90. The van der Waals surface area contributed by atoms with Crippen LogP contribution in [-0.4, -0.2) is 9.67 Å². The van der Waals surface area contributed by atoms with Crippen LogP contribution in [0.15, 0.2) is 103 Å². The number of nitrogens with zero attached hydrogens (tertiary/aromatic N) is 1. The molecule has 0 bridgehead atoms. The van der Waals surface area contributed by atoms with Gasteiger partial charge in [0, 0.05) is 24.0 Å². The minimum atomic E-state index is 0.332. The second kappa shape index (κ2) is 9.99. The van der Waals surface area contributed by atoms with Crippen molar-refractivity contribution in [2.75, 3.05) is 0 Å². The Bertz CT molecular complexity index is 1140. The minimum Gasteiger partial charge on any atom is -0.508 e. The van der Waals surface area contributed by atoms with Crippen LogP contribution in [0.2, 0.25) is 0 Å². The monoisotopic (exact) mass is 407 g/mol. The van der Waals surface area contributed by atoms with E-state index in [0.717, 1.165) is 25.7 Å². The average Bonchev–Trinajstić information content (AvgIpc) is 2.95. The van der Waals surface area contributed by atoms with Crippen molar-refractivity contribution in [3.8, 4) is 11.1 Å². The number of aromatic nitrogens is 1. The highest BCUT2D eigenvalue weighted by Gasteiger charge is 2.19. The fourth-order valence-electron chi connectivity index (χ4n) is 4.11. The Labute approximate surface area is 185 Å². The molecule has 0 radical (unpaired) electrons. The normalized spacial score (nSPS) is 14.3. The standard InChI is InChI=1S/C22H21N.C7H8O/c1-23-19(12-7-10-17-8-3-2-4-9-17)16-21-20-13-6-5-11-18(20)14-15-22(21)23;8-7-5-3-1-2-4-6-7/h2-9,11-13,16H,10,14-15H2,1H3;1,3-6,8H,2H2/b12-7+;. The smallest absolute Gasteiger partial charge is 0.115 e. The molecule has 0 saturated carbocycles. The summed E-state index contributed by atoms with van der Waals surface area (Å²) in [5.41, 5.74) is 8.41. The molecule has 1 heterocycles. The van der Waals surface area contributed by atoms with Crippen molar-refractivity contribution in [1.29, 1.82) is 0 Å². The van der Waals surface area contributed by atoms with Crippen LogP contribution in [0, 0.1) is 0 Å². The van der Waals surface area contributed by atoms with Crippen molar-refractivity contribution in [3.05, 3.63) is 125 Å². The van der Waals surface area contributed by atoms with E-state index >= 15 is 0 Å². The molecule has 2 aliphatic rings. The molecule has 2 nitrogen and oxygen atoms in total. The fraction of sp³-hybridized carbons (Fsp3) is 0.172. The van der Waals surface area contributed by atoms with Crippen molar-refractivity contribution < 1.29 is 5.11 Å². The molecule has 3 aromatic rings. The lowest BCUT2D eigenvalue weighted by Crippen LogP contribution is -2.06. The van der Waals surface area contributed by atoms with E-state index in [0.29, 0.717) is 5.76 Å². The highest BCUT2D eigenvalue weighted by molar-refractivity contribution is 5.75. The van der Waals surface area contributed by atoms with Crippen molar-refractivity contribution >= 4 is 6.08 Å². The number of hydrogen-bond acceptors (Lipinski definition) is 1. The quantitative estimate of drug-likeness (QED) is 0.497. The van der Waals surface area contributed by atoms with Crippen LogP contribution >= 0.6 is 0 Å². The van der Waals surface area contributed by atoms with Crippen LogP contribution in [0.4, 0.5) is 0 Å². The maximum Gasteiger partial charge on any atom is 0.115 e. The maximum atomic E-state index is 8.81. The van der Waals surface area contributed by atoms with Crippen LogP contribution < -0.4 is 0 Å².